The minimum Gasteiger partial charge on any atom is -0.493 e. The highest BCUT2D eigenvalue weighted by Crippen LogP contribution is 2.38. The molecule has 9 heteroatoms. The molecule has 4 rings (SSSR count). The van der Waals surface area contributed by atoms with Crippen molar-refractivity contribution < 1.29 is 27.4 Å². The quantitative estimate of drug-likeness (QED) is 0.705. The van der Waals surface area contributed by atoms with Crippen molar-refractivity contribution in [3.8, 4) is 11.5 Å². The molecule has 1 atom stereocenters. The van der Waals surface area contributed by atoms with Gasteiger partial charge in [-0.3, -0.25) is 9.69 Å². The maximum Gasteiger partial charge on any atom is 0.416 e. The van der Waals surface area contributed by atoms with E-state index in [2.05, 4.69) is 0 Å². The van der Waals surface area contributed by atoms with Gasteiger partial charge < -0.3 is 14.4 Å². The van der Waals surface area contributed by atoms with E-state index in [-0.39, 0.29) is 11.0 Å². The van der Waals surface area contributed by atoms with Gasteiger partial charge in [-0.05, 0) is 59.7 Å². The summed E-state index contributed by atoms with van der Waals surface area (Å²) < 4.78 is 49.2. The number of anilines is 1. The number of methoxy groups -OCH3 is 2. The maximum atomic E-state index is 13.0. The molecule has 1 fully saturated rings. The van der Waals surface area contributed by atoms with Crippen molar-refractivity contribution in [1.82, 2.24) is 4.90 Å². The Hall–Kier alpha value is -2.81. The van der Waals surface area contributed by atoms with Crippen LogP contribution in [0.2, 0.25) is 0 Å². The fourth-order valence-corrected chi connectivity index (χ4v) is 4.13. The summed E-state index contributed by atoms with van der Waals surface area (Å²) >= 11 is 5.50. The zero-order chi connectivity index (χ0) is 20.9. The van der Waals surface area contributed by atoms with Crippen LogP contribution >= 0.6 is 12.2 Å². The van der Waals surface area contributed by atoms with Crippen LogP contribution in [0.1, 0.15) is 16.7 Å². The summed E-state index contributed by atoms with van der Waals surface area (Å²) in [5.74, 6) is 0.906. The van der Waals surface area contributed by atoms with E-state index in [1.807, 2.05) is 12.1 Å². The Labute approximate surface area is 170 Å². The molecule has 2 aliphatic rings. The molecule has 2 heterocycles. The molecule has 1 amide bonds. The molecular weight excluding hydrogens is 405 g/mol. The number of ether oxygens (including phenoxy) is 2. The summed E-state index contributed by atoms with van der Waals surface area (Å²) in [6, 6.07) is 7.64. The second kappa shape index (κ2) is 6.91. The lowest BCUT2D eigenvalue weighted by molar-refractivity contribution is -0.137. The highest BCUT2D eigenvalue weighted by Gasteiger charge is 2.45. The molecule has 0 saturated carbocycles. The molecule has 1 saturated heterocycles. The van der Waals surface area contributed by atoms with Gasteiger partial charge in [0.05, 0.1) is 25.5 Å². The highest BCUT2D eigenvalue weighted by molar-refractivity contribution is 7.80. The average molecular weight is 422 g/mol. The molecule has 29 heavy (non-hydrogen) atoms. The van der Waals surface area contributed by atoms with Crippen molar-refractivity contribution in [3.63, 3.8) is 0 Å². The third-order valence-corrected chi connectivity index (χ3v) is 5.65. The van der Waals surface area contributed by atoms with E-state index in [1.54, 1.807) is 19.1 Å². The number of carbonyl (C=O) groups excluding carboxylic acids is 1. The van der Waals surface area contributed by atoms with Gasteiger partial charge in [0.1, 0.15) is 6.04 Å². The monoisotopic (exact) mass is 422 g/mol. The molecule has 0 aliphatic carbocycles. The van der Waals surface area contributed by atoms with Gasteiger partial charge in [-0.1, -0.05) is 0 Å². The first-order valence-corrected chi connectivity index (χ1v) is 9.21. The molecule has 1 unspecified atom stereocenters. The fourth-order valence-electron chi connectivity index (χ4n) is 3.74. The number of hydrogen-bond acceptors (Lipinski definition) is 4. The first kappa shape index (κ1) is 19.5. The Morgan fingerprint density at radius 3 is 2.17 bits per heavy atom. The topological polar surface area (TPSA) is 42.0 Å². The molecule has 0 N–H and O–H groups in total. The lowest BCUT2D eigenvalue weighted by Gasteiger charge is -2.31. The second-order valence-corrected chi connectivity index (χ2v) is 7.19. The van der Waals surface area contributed by atoms with Crippen LogP contribution in [-0.2, 0) is 23.9 Å². The Kier molecular flexibility index (Phi) is 4.65. The normalized spacial score (nSPS) is 18.6. The van der Waals surface area contributed by atoms with Crippen LogP contribution in [0.4, 0.5) is 18.9 Å². The van der Waals surface area contributed by atoms with Crippen molar-refractivity contribution in [2.75, 3.05) is 19.1 Å². The van der Waals surface area contributed by atoms with E-state index < -0.39 is 17.8 Å². The van der Waals surface area contributed by atoms with Gasteiger partial charge in [0.25, 0.3) is 5.91 Å². The van der Waals surface area contributed by atoms with Gasteiger partial charge in [-0.25, -0.2) is 0 Å². The van der Waals surface area contributed by atoms with Gasteiger partial charge in [-0.2, -0.15) is 13.2 Å². The maximum absolute atomic E-state index is 13.0. The number of amides is 1. The zero-order valence-corrected chi connectivity index (χ0v) is 16.4. The zero-order valence-electron chi connectivity index (χ0n) is 15.6. The number of hydrogen-bond donors (Lipinski definition) is 0. The summed E-state index contributed by atoms with van der Waals surface area (Å²) in [7, 11) is 3.09. The van der Waals surface area contributed by atoms with Gasteiger partial charge in [-0.15, -0.1) is 0 Å². The number of nitrogens with zero attached hydrogens (tertiary/aromatic N) is 2. The molecule has 2 aromatic carbocycles. The summed E-state index contributed by atoms with van der Waals surface area (Å²) in [6.07, 6.45) is -4.02. The minimum absolute atomic E-state index is 0.254. The first-order valence-electron chi connectivity index (χ1n) is 8.80. The van der Waals surface area contributed by atoms with Gasteiger partial charge in [0.2, 0.25) is 0 Å². The number of rotatable bonds is 3. The van der Waals surface area contributed by atoms with Crippen LogP contribution in [-0.4, -0.2) is 36.2 Å². The third-order valence-electron chi connectivity index (χ3n) is 5.23. The third kappa shape index (κ3) is 3.19. The Morgan fingerprint density at radius 1 is 1.03 bits per heavy atom. The van der Waals surface area contributed by atoms with Gasteiger partial charge in [0.15, 0.2) is 16.6 Å². The standard InChI is InChI=1S/C20H17F3N2O3S/c1-27-16-8-11-7-15-18(26)25(14-5-3-13(4-6-14)20(21,22)23)19(29)24(15)10-12(11)9-17(16)28-2/h3-6,8-9,15H,7,10H2,1-2H3. The molecule has 0 aromatic heterocycles. The lowest BCUT2D eigenvalue weighted by atomic mass is 9.94. The number of fused-ring (bicyclic) bond motifs is 2. The Morgan fingerprint density at radius 2 is 1.62 bits per heavy atom. The summed E-state index contributed by atoms with van der Waals surface area (Å²) in [5, 5.41) is 0.278. The van der Waals surface area contributed by atoms with Crippen LogP contribution in [0.25, 0.3) is 0 Å². The molecule has 5 nitrogen and oxygen atoms in total. The van der Waals surface area contributed by atoms with Crippen molar-refractivity contribution in [3.05, 3.63) is 53.1 Å². The van der Waals surface area contributed by atoms with E-state index in [9.17, 15) is 18.0 Å². The number of benzene rings is 2. The molecule has 0 bridgehead atoms. The second-order valence-electron chi connectivity index (χ2n) is 6.82. The molecule has 2 aliphatic heterocycles. The summed E-state index contributed by atoms with van der Waals surface area (Å²) in [4.78, 5) is 16.1. The Balaban J connectivity index is 1.65. The summed E-state index contributed by atoms with van der Waals surface area (Å²) in [5.41, 5.74) is 1.46. The van der Waals surface area contributed by atoms with Crippen molar-refractivity contribution in [2.24, 2.45) is 0 Å². The largest absolute Gasteiger partial charge is 0.493 e. The minimum atomic E-state index is -4.44. The summed E-state index contributed by atoms with van der Waals surface area (Å²) in [6.45, 7) is 0.405. The predicted molar refractivity (Wildman–Crippen MR) is 104 cm³/mol. The number of thiocarbonyl (C=S) groups is 1. The van der Waals surface area contributed by atoms with Crippen LogP contribution in [0.15, 0.2) is 36.4 Å². The molecular formula is C20H17F3N2O3S. The number of alkyl halides is 3. The van der Waals surface area contributed by atoms with E-state index >= 15 is 0 Å². The van der Waals surface area contributed by atoms with Crippen LogP contribution in [0.5, 0.6) is 11.5 Å². The highest BCUT2D eigenvalue weighted by atomic mass is 32.1. The van der Waals surface area contributed by atoms with Gasteiger partial charge >= 0.3 is 6.18 Å². The van der Waals surface area contributed by atoms with E-state index in [0.717, 1.165) is 23.3 Å². The molecule has 0 radical (unpaired) electrons. The SMILES string of the molecule is COc1cc2c(cc1OC)CN1C(=S)N(c3ccc(C(F)(F)F)cc3)C(=O)C1C2. The average Bonchev–Trinajstić information content (AvgIpc) is 2.94. The van der Waals surface area contributed by atoms with Crippen molar-refractivity contribution in [1.29, 1.82) is 0 Å². The van der Waals surface area contributed by atoms with Gasteiger partial charge in [0, 0.05) is 13.0 Å². The molecule has 152 valence electrons. The predicted octanol–water partition coefficient (Wildman–Crippen LogP) is 3.78. The molecule has 0 spiro atoms. The fraction of sp³-hybridized carbons (Fsp3) is 0.300. The molecule has 2 aromatic rings. The number of carbonyl (C=O) groups is 1. The van der Waals surface area contributed by atoms with E-state index in [4.69, 9.17) is 21.7 Å². The van der Waals surface area contributed by atoms with Crippen molar-refractivity contribution in [2.45, 2.75) is 25.2 Å². The van der Waals surface area contributed by atoms with Crippen LogP contribution in [0.3, 0.4) is 0 Å². The smallest absolute Gasteiger partial charge is 0.416 e. The van der Waals surface area contributed by atoms with Crippen molar-refractivity contribution >= 4 is 28.9 Å². The van der Waals surface area contributed by atoms with Crippen LogP contribution in [0, 0.1) is 0 Å². The van der Waals surface area contributed by atoms with Crippen LogP contribution < -0.4 is 14.4 Å². The van der Waals surface area contributed by atoms with E-state index in [0.29, 0.717) is 30.2 Å². The Bertz CT molecular complexity index is 941. The number of halogens is 3. The first-order chi connectivity index (χ1) is 13.7. The van der Waals surface area contributed by atoms with E-state index in [1.165, 1.54) is 17.0 Å². The lowest BCUT2D eigenvalue weighted by Crippen LogP contribution is -2.40.